The number of carbonyl (C=O) groups excluding carboxylic acids is 2. The van der Waals surface area contributed by atoms with Crippen LogP contribution in [-0.2, 0) is 11.2 Å². The lowest BCUT2D eigenvalue weighted by atomic mass is 10.2. The van der Waals surface area contributed by atoms with Gasteiger partial charge in [0.1, 0.15) is 0 Å². The maximum Gasteiger partial charge on any atom is 0.254 e. The Balaban J connectivity index is 2.18. The highest BCUT2D eigenvalue weighted by Crippen LogP contribution is 2.29. The smallest absolute Gasteiger partial charge is 0.254 e. The zero-order chi connectivity index (χ0) is 13.1. The number of anilines is 1. The fourth-order valence-corrected chi connectivity index (χ4v) is 1.63. The monoisotopic (exact) mass is 248 g/mol. The third kappa shape index (κ3) is 2.64. The first-order valence-corrected chi connectivity index (χ1v) is 6.04. The Hall–Kier alpha value is -1.98. The quantitative estimate of drug-likeness (QED) is 0.823. The standard InChI is InChI=1S/C12H16N4O2/c1-3-9-8(11(18)13-2)6-14-12(15-9)16-10(17)7-4-5-7/h6-7H,3-5H2,1-2H3,(H,13,18)(H,14,15,16,17). The zero-order valence-corrected chi connectivity index (χ0v) is 10.5. The van der Waals surface area contributed by atoms with E-state index >= 15 is 0 Å². The van der Waals surface area contributed by atoms with Crippen LogP contribution in [0, 0.1) is 5.92 Å². The molecule has 0 aliphatic heterocycles. The molecule has 6 nitrogen and oxygen atoms in total. The van der Waals surface area contributed by atoms with Gasteiger partial charge in [0, 0.05) is 19.2 Å². The average Bonchev–Trinajstić information content (AvgIpc) is 3.22. The molecule has 1 aromatic rings. The first-order valence-electron chi connectivity index (χ1n) is 6.04. The van der Waals surface area contributed by atoms with Crippen LogP contribution in [0.4, 0.5) is 5.95 Å². The predicted molar refractivity (Wildman–Crippen MR) is 66.2 cm³/mol. The fraction of sp³-hybridized carbons (Fsp3) is 0.500. The van der Waals surface area contributed by atoms with Gasteiger partial charge < -0.3 is 5.32 Å². The van der Waals surface area contributed by atoms with Crippen molar-refractivity contribution in [2.24, 2.45) is 5.92 Å². The average molecular weight is 248 g/mol. The Morgan fingerprint density at radius 1 is 1.44 bits per heavy atom. The van der Waals surface area contributed by atoms with Crippen molar-refractivity contribution in [3.63, 3.8) is 0 Å². The molecule has 1 aromatic heterocycles. The Kier molecular flexibility index (Phi) is 3.55. The molecule has 0 bridgehead atoms. The number of rotatable bonds is 4. The van der Waals surface area contributed by atoms with Gasteiger partial charge in [0.25, 0.3) is 5.91 Å². The summed E-state index contributed by atoms with van der Waals surface area (Å²) >= 11 is 0. The van der Waals surface area contributed by atoms with E-state index < -0.39 is 0 Å². The SMILES string of the molecule is CCc1nc(NC(=O)C2CC2)ncc1C(=O)NC. The van der Waals surface area contributed by atoms with Gasteiger partial charge in [-0.3, -0.25) is 14.9 Å². The molecule has 0 unspecified atom stereocenters. The molecule has 0 radical (unpaired) electrons. The summed E-state index contributed by atoms with van der Waals surface area (Å²) in [4.78, 5) is 31.4. The van der Waals surface area contributed by atoms with Crippen LogP contribution >= 0.6 is 0 Å². The van der Waals surface area contributed by atoms with Crippen LogP contribution in [0.1, 0.15) is 35.8 Å². The van der Waals surface area contributed by atoms with Gasteiger partial charge in [-0.05, 0) is 19.3 Å². The van der Waals surface area contributed by atoms with Gasteiger partial charge in [-0.1, -0.05) is 6.92 Å². The van der Waals surface area contributed by atoms with Crippen molar-refractivity contribution in [2.75, 3.05) is 12.4 Å². The van der Waals surface area contributed by atoms with Crippen LogP contribution in [0.25, 0.3) is 0 Å². The summed E-state index contributed by atoms with van der Waals surface area (Å²) in [6, 6.07) is 0. The van der Waals surface area contributed by atoms with Crippen molar-refractivity contribution in [1.29, 1.82) is 0 Å². The van der Waals surface area contributed by atoms with Crippen LogP contribution < -0.4 is 10.6 Å². The number of nitrogens with zero attached hydrogens (tertiary/aromatic N) is 2. The molecule has 6 heteroatoms. The number of aryl methyl sites for hydroxylation is 1. The summed E-state index contributed by atoms with van der Waals surface area (Å²) in [5, 5.41) is 5.21. The van der Waals surface area contributed by atoms with Gasteiger partial charge >= 0.3 is 0 Å². The van der Waals surface area contributed by atoms with Crippen molar-refractivity contribution in [2.45, 2.75) is 26.2 Å². The lowest BCUT2D eigenvalue weighted by Gasteiger charge is -2.08. The molecule has 1 heterocycles. The molecule has 1 fully saturated rings. The van der Waals surface area contributed by atoms with Gasteiger partial charge in [-0.15, -0.1) is 0 Å². The van der Waals surface area contributed by atoms with Gasteiger partial charge in [0.15, 0.2) is 0 Å². The number of hydrogen-bond acceptors (Lipinski definition) is 4. The van der Waals surface area contributed by atoms with Crippen molar-refractivity contribution in [3.8, 4) is 0 Å². The molecule has 0 atom stereocenters. The fourth-order valence-electron chi connectivity index (χ4n) is 1.63. The molecule has 2 N–H and O–H groups in total. The second-order valence-corrected chi connectivity index (χ2v) is 4.25. The molecule has 96 valence electrons. The lowest BCUT2D eigenvalue weighted by Crippen LogP contribution is -2.22. The molecule has 1 aliphatic rings. The van der Waals surface area contributed by atoms with E-state index in [1.165, 1.54) is 6.20 Å². The Morgan fingerprint density at radius 3 is 2.72 bits per heavy atom. The molecule has 2 amide bonds. The van der Waals surface area contributed by atoms with E-state index in [1.54, 1.807) is 7.05 Å². The number of aromatic nitrogens is 2. The topological polar surface area (TPSA) is 84.0 Å². The van der Waals surface area contributed by atoms with Crippen molar-refractivity contribution in [1.82, 2.24) is 15.3 Å². The summed E-state index contributed by atoms with van der Waals surface area (Å²) in [7, 11) is 1.56. The molecular formula is C12H16N4O2. The summed E-state index contributed by atoms with van der Waals surface area (Å²) in [5.41, 5.74) is 1.08. The van der Waals surface area contributed by atoms with E-state index in [1.807, 2.05) is 6.92 Å². The van der Waals surface area contributed by atoms with Crippen LogP contribution in [0.3, 0.4) is 0 Å². The lowest BCUT2D eigenvalue weighted by molar-refractivity contribution is -0.117. The highest BCUT2D eigenvalue weighted by atomic mass is 16.2. The first kappa shape index (κ1) is 12.5. The van der Waals surface area contributed by atoms with Gasteiger partial charge in [0.05, 0.1) is 11.3 Å². The number of hydrogen-bond donors (Lipinski definition) is 2. The van der Waals surface area contributed by atoms with E-state index in [-0.39, 0.29) is 23.7 Å². The summed E-state index contributed by atoms with van der Waals surface area (Å²) in [5.74, 6) is 0.130. The summed E-state index contributed by atoms with van der Waals surface area (Å²) in [6.45, 7) is 1.90. The van der Waals surface area contributed by atoms with Gasteiger partial charge in [-0.2, -0.15) is 0 Å². The van der Waals surface area contributed by atoms with Crippen molar-refractivity contribution < 1.29 is 9.59 Å². The number of nitrogens with one attached hydrogen (secondary N) is 2. The number of carbonyl (C=O) groups is 2. The minimum absolute atomic E-state index is 0.0373. The van der Waals surface area contributed by atoms with Crippen molar-refractivity contribution >= 4 is 17.8 Å². The van der Waals surface area contributed by atoms with E-state index in [9.17, 15) is 9.59 Å². The molecule has 18 heavy (non-hydrogen) atoms. The minimum atomic E-state index is -0.216. The van der Waals surface area contributed by atoms with Crippen LogP contribution in [0.2, 0.25) is 0 Å². The largest absolute Gasteiger partial charge is 0.355 e. The van der Waals surface area contributed by atoms with Gasteiger partial charge in [-0.25, -0.2) is 9.97 Å². The first-order chi connectivity index (χ1) is 8.65. The van der Waals surface area contributed by atoms with E-state index in [0.29, 0.717) is 17.7 Å². The number of amides is 2. The third-order valence-corrected chi connectivity index (χ3v) is 2.86. The second kappa shape index (κ2) is 5.12. The highest BCUT2D eigenvalue weighted by molar-refractivity contribution is 5.95. The maximum absolute atomic E-state index is 11.6. The van der Waals surface area contributed by atoms with E-state index in [0.717, 1.165) is 12.8 Å². The van der Waals surface area contributed by atoms with Crippen molar-refractivity contribution in [3.05, 3.63) is 17.5 Å². The van der Waals surface area contributed by atoms with E-state index in [2.05, 4.69) is 20.6 Å². The second-order valence-electron chi connectivity index (χ2n) is 4.25. The normalized spacial score (nSPS) is 14.1. The minimum Gasteiger partial charge on any atom is -0.355 e. The summed E-state index contributed by atoms with van der Waals surface area (Å²) in [6.07, 6.45) is 3.93. The Labute approximate surface area is 105 Å². The molecule has 2 rings (SSSR count). The molecular weight excluding hydrogens is 232 g/mol. The molecule has 1 saturated carbocycles. The van der Waals surface area contributed by atoms with Crippen LogP contribution in [-0.4, -0.2) is 28.8 Å². The van der Waals surface area contributed by atoms with Gasteiger partial charge in [0.2, 0.25) is 11.9 Å². The molecule has 0 spiro atoms. The zero-order valence-electron chi connectivity index (χ0n) is 10.5. The highest BCUT2D eigenvalue weighted by Gasteiger charge is 2.30. The molecule has 1 aliphatic carbocycles. The Bertz CT molecular complexity index is 483. The Morgan fingerprint density at radius 2 is 2.17 bits per heavy atom. The summed E-state index contributed by atoms with van der Waals surface area (Å²) < 4.78 is 0. The molecule has 0 aromatic carbocycles. The van der Waals surface area contributed by atoms with Crippen LogP contribution in [0.15, 0.2) is 6.20 Å². The maximum atomic E-state index is 11.6. The van der Waals surface area contributed by atoms with Crippen LogP contribution in [0.5, 0.6) is 0 Å². The van der Waals surface area contributed by atoms with E-state index in [4.69, 9.17) is 0 Å². The molecule has 0 saturated heterocycles. The third-order valence-electron chi connectivity index (χ3n) is 2.86. The predicted octanol–water partition coefficient (Wildman–Crippen LogP) is 0.747.